The van der Waals surface area contributed by atoms with E-state index in [0.29, 0.717) is 11.5 Å². The van der Waals surface area contributed by atoms with E-state index in [-0.39, 0.29) is 0 Å². The van der Waals surface area contributed by atoms with Gasteiger partial charge in [-0.1, -0.05) is 6.58 Å². The maximum Gasteiger partial charge on any atom is 0.123 e. The number of aliphatic imine (C=N–C) groups is 2. The molecule has 0 saturated carbocycles. The van der Waals surface area contributed by atoms with Gasteiger partial charge in [-0.3, -0.25) is 0 Å². The van der Waals surface area contributed by atoms with Crippen molar-refractivity contribution in [3.05, 3.63) is 24.1 Å². The largest absolute Gasteiger partial charge is 0.414 e. The number of hydroxylamine groups is 1. The second-order valence-electron chi connectivity index (χ2n) is 2.10. The molecule has 0 aromatic rings. The van der Waals surface area contributed by atoms with Gasteiger partial charge in [0.2, 0.25) is 0 Å². The summed E-state index contributed by atoms with van der Waals surface area (Å²) in [5.41, 5.74) is 8.07. The molecule has 0 amide bonds. The monoisotopic (exact) mass is 182 g/mol. The zero-order valence-electron chi connectivity index (χ0n) is 7.82. The second-order valence-corrected chi connectivity index (χ2v) is 2.10. The summed E-state index contributed by atoms with van der Waals surface area (Å²) >= 11 is 0. The van der Waals surface area contributed by atoms with E-state index in [1.54, 1.807) is 20.0 Å². The van der Waals surface area contributed by atoms with Gasteiger partial charge in [0.05, 0.1) is 12.0 Å². The Kier molecular flexibility index (Phi) is 6.17. The molecule has 0 saturated heterocycles. The van der Waals surface area contributed by atoms with E-state index in [0.717, 1.165) is 6.34 Å². The fourth-order valence-corrected chi connectivity index (χ4v) is 0.608. The highest BCUT2D eigenvalue weighted by Crippen LogP contribution is 2.00. The van der Waals surface area contributed by atoms with Crippen molar-refractivity contribution in [2.45, 2.75) is 6.92 Å². The summed E-state index contributed by atoms with van der Waals surface area (Å²) in [5.74, 6) is 0.668. The molecule has 5 nitrogen and oxygen atoms in total. The molecule has 0 aliphatic heterocycles. The summed E-state index contributed by atoms with van der Waals surface area (Å²) < 4.78 is 0. The maximum atomic E-state index is 5.00. The van der Waals surface area contributed by atoms with Crippen molar-refractivity contribution in [3.63, 3.8) is 0 Å². The van der Waals surface area contributed by atoms with Crippen molar-refractivity contribution >= 4 is 12.7 Å². The Morgan fingerprint density at radius 2 is 2.31 bits per heavy atom. The number of allylic oxidation sites excluding steroid dienone is 2. The first kappa shape index (κ1) is 11.4. The van der Waals surface area contributed by atoms with E-state index < -0.39 is 0 Å². The minimum atomic E-state index is 0.540. The zero-order valence-corrected chi connectivity index (χ0v) is 7.82. The smallest absolute Gasteiger partial charge is 0.123 e. The number of nitrogens with two attached hydrogens (primary N) is 1. The summed E-state index contributed by atoms with van der Waals surface area (Å²) in [6.07, 6.45) is 4.13. The van der Waals surface area contributed by atoms with Gasteiger partial charge in [-0.15, -0.1) is 0 Å². The molecule has 3 N–H and O–H groups in total. The predicted octanol–water partition coefficient (Wildman–Crippen LogP) is 0.570. The molecular weight excluding hydrogens is 168 g/mol. The molecule has 0 aliphatic rings. The first-order valence-corrected chi connectivity index (χ1v) is 3.67. The minimum Gasteiger partial charge on any atom is -0.414 e. The highest BCUT2D eigenvalue weighted by molar-refractivity contribution is 5.70. The third kappa shape index (κ3) is 6.77. The summed E-state index contributed by atoms with van der Waals surface area (Å²) in [6, 6.07) is 0. The molecule has 0 aromatic heterocycles. The van der Waals surface area contributed by atoms with E-state index in [2.05, 4.69) is 22.0 Å². The maximum absolute atomic E-state index is 5.00. The lowest BCUT2D eigenvalue weighted by Gasteiger charge is -2.00. The van der Waals surface area contributed by atoms with Crippen LogP contribution in [0.1, 0.15) is 6.92 Å². The van der Waals surface area contributed by atoms with Crippen LogP contribution < -0.4 is 11.2 Å². The first-order chi connectivity index (χ1) is 6.20. The summed E-state index contributed by atoms with van der Waals surface area (Å²) in [5, 5.41) is 0. The normalized spacial score (nSPS) is 12.6. The first-order valence-electron chi connectivity index (χ1n) is 3.67. The molecule has 0 atom stereocenters. The van der Waals surface area contributed by atoms with Crippen LogP contribution in [0.5, 0.6) is 0 Å². The van der Waals surface area contributed by atoms with E-state index in [9.17, 15) is 0 Å². The molecule has 72 valence electrons. The number of hydrogen-bond acceptors (Lipinski definition) is 3. The van der Waals surface area contributed by atoms with Gasteiger partial charge in [-0.05, 0) is 6.92 Å². The number of hydrogen-bond donors (Lipinski definition) is 2. The Morgan fingerprint density at radius 3 is 2.85 bits per heavy atom. The van der Waals surface area contributed by atoms with Crippen molar-refractivity contribution < 1.29 is 4.84 Å². The molecule has 0 aromatic carbocycles. The van der Waals surface area contributed by atoms with Crippen LogP contribution in [-0.4, -0.2) is 19.7 Å². The van der Waals surface area contributed by atoms with Crippen LogP contribution in [-0.2, 0) is 4.84 Å². The highest BCUT2D eigenvalue weighted by Gasteiger charge is 1.88. The van der Waals surface area contributed by atoms with Crippen LogP contribution in [0, 0.1) is 0 Å². The van der Waals surface area contributed by atoms with Crippen molar-refractivity contribution in [1.82, 2.24) is 5.48 Å². The van der Waals surface area contributed by atoms with E-state index in [4.69, 9.17) is 10.6 Å². The molecule has 5 heteroatoms. The van der Waals surface area contributed by atoms with Gasteiger partial charge in [0.1, 0.15) is 12.1 Å². The van der Waals surface area contributed by atoms with Crippen molar-refractivity contribution in [3.8, 4) is 0 Å². The molecule has 0 spiro atoms. The SMILES string of the molecule is C=C(/C=C(\C)ONC)/N=C\N=C\N. The molecule has 0 rings (SSSR count). The van der Waals surface area contributed by atoms with Gasteiger partial charge in [0.25, 0.3) is 0 Å². The van der Waals surface area contributed by atoms with Gasteiger partial charge in [-0.2, -0.15) is 5.48 Å². The Labute approximate surface area is 77.7 Å². The fraction of sp³-hybridized carbons (Fsp3) is 0.250. The molecule has 0 fully saturated rings. The highest BCUT2D eigenvalue weighted by atomic mass is 16.6. The zero-order chi connectivity index (χ0) is 10.1. The third-order valence-electron chi connectivity index (χ3n) is 1.01. The number of nitrogens with one attached hydrogen (secondary N) is 1. The Hall–Kier alpha value is -1.62. The molecular formula is C8H14N4O. The average molecular weight is 182 g/mol. The van der Waals surface area contributed by atoms with Crippen LogP contribution >= 0.6 is 0 Å². The average Bonchev–Trinajstić information content (AvgIpc) is 2.05. The molecule has 13 heavy (non-hydrogen) atoms. The summed E-state index contributed by atoms with van der Waals surface area (Å²) in [4.78, 5) is 12.4. The van der Waals surface area contributed by atoms with Crippen molar-refractivity contribution in [1.29, 1.82) is 0 Å². The Bertz CT molecular complexity index is 243. The van der Waals surface area contributed by atoms with E-state index >= 15 is 0 Å². The van der Waals surface area contributed by atoms with Gasteiger partial charge in [-0.25, -0.2) is 9.98 Å². The van der Waals surface area contributed by atoms with Gasteiger partial charge in [0, 0.05) is 13.1 Å². The quantitative estimate of drug-likeness (QED) is 0.215. The molecule has 0 radical (unpaired) electrons. The van der Waals surface area contributed by atoms with Crippen LogP contribution in [0.15, 0.2) is 34.1 Å². The molecule has 0 heterocycles. The van der Waals surface area contributed by atoms with Crippen LogP contribution in [0.3, 0.4) is 0 Å². The standard InChI is InChI=1S/C8H14N4O/c1-7(12-6-11-5-9)4-8(2)13-10-3/h4-6,10H,1H2,2-3H3,(H2,9,11,12)/b8-4+. The summed E-state index contributed by atoms with van der Waals surface area (Å²) in [6.45, 7) is 5.43. The molecule has 0 unspecified atom stereocenters. The van der Waals surface area contributed by atoms with Crippen LogP contribution in [0.4, 0.5) is 0 Å². The van der Waals surface area contributed by atoms with Gasteiger partial charge < -0.3 is 10.6 Å². The summed E-state index contributed by atoms with van der Waals surface area (Å²) in [7, 11) is 1.67. The van der Waals surface area contributed by atoms with E-state index in [1.807, 2.05) is 0 Å². The Morgan fingerprint density at radius 1 is 1.62 bits per heavy atom. The lowest BCUT2D eigenvalue weighted by Crippen LogP contribution is -2.04. The number of nitrogens with zero attached hydrogens (tertiary/aromatic N) is 2. The van der Waals surface area contributed by atoms with Crippen molar-refractivity contribution in [2.75, 3.05) is 7.05 Å². The third-order valence-corrected chi connectivity index (χ3v) is 1.01. The van der Waals surface area contributed by atoms with Crippen LogP contribution in [0.2, 0.25) is 0 Å². The predicted molar refractivity (Wildman–Crippen MR) is 54.2 cm³/mol. The molecule has 0 bridgehead atoms. The molecule has 0 aliphatic carbocycles. The second kappa shape index (κ2) is 7.05. The fourth-order valence-electron chi connectivity index (χ4n) is 0.608. The van der Waals surface area contributed by atoms with Gasteiger partial charge in [0.15, 0.2) is 0 Å². The minimum absolute atomic E-state index is 0.540. The van der Waals surface area contributed by atoms with E-state index in [1.165, 1.54) is 6.34 Å². The lowest BCUT2D eigenvalue weighted by molar-refractivity contribution is 0.128. The topological polar surface area (TPSA) is 72.0 Å². The lowest BCUT2D eigenvalue weighted by atomic mass is 10.4. The Balaban J connectivity index is 4.05. The number of rotatable bonds is 5. The van der Waals surface area contributed by atoms with Crippen molar-refractivity contribution in [2.24, 2.45) is 15.7 Å². The van der Waals surface area contributed by atoms with Crippen LogP contribution in [0.25, 0.3) is 0 Å². The van der Waals surface area contributed by atoms with Gasteiger partial charge >= 0.3 is 0 Å².